The van der Waals surface area contributed by atoms with E-state index < -0.39 is 0 Å². The molecule has 0 saturated carbocycles. The normalized spacial score (nSPS) is 12.0. The van der Waals surface area contributed by atoms with Gasteiger partial charge in [-0.15, -0.1) is 0 Å². The molecule has 0 aliphatic heterocycles. The van der Waals surface area contributed by atoms with Crippen molar-refractivity contribution in [2.24, 2.45) is 4.99 Å². The number of rotatable bonds is 6. The zero-order chi connectivity index (χ0) is 20.4. The maximum absolute atomic E-state index is 5.04. The molecule has 4 aromatic carbocycles. The molecular weight excluding hydrogens is 402 g/mol. The van der Waals surface area contributed by atoms with Crippen molar-refractivity contribution in [2.45, 2.75) is 9.79 Å². The van der Waals surface area contributed by atoms with Crippen LogP contribution in [0.1, 0.15) is 5.56 Å². The zero-order valence-electron chi connectivity index (χ0n) is 16.4. The van der Waals surface area contributed by atoms with Crippen LogP contribution >= 0.6 is 23.5 Å². The average molecular weight is 424 g/mol. The van der Waals surface area contributed by atoms with Gasteiger partial charge in [0.05, 0.1) is 5.69 Å². The summed E-state index contributed by atoms with van der Waals surface area (Å²) in [6.07, 6.45) is 0. The number of aliphatic imine (C=N–C) groups is 1. The Labute approximate surface area is 186 Å². The lowest BCUT2D eigenvalue weighted by Crippen LogP contribution is -1.98. The van der Waals surface area contributed by atoms with Crippen molar-refractivity contribution < 1.29 is 0 Å². The van der Waals surface area contributed by atoms with Crippen LogP contribution in [0.2, 0.25) is 0 Å². The van der Waals surface area contributed by atoms with Crippen molar-refractivity contribution in [2.75, 3.05) is 0 Å². The second-order valence-corrected chi connectivity index (χ2v) is 8.50. The molecule has 0 aromatic heterocycles. The van der Waals surface area contributed by atoms with Gasteiger partial charge in [-0.05, 0) is 47.4 Å². The van der Waals surface area contributed by atoms with Crippen LogP contribution in [0, 0.1) is 0 Å². The van der Waals surface area contributed by atoms with Crippen molar-refractivity contribution in [1.82, 2.24) is 0 Å². The molecule has 3 heteroatoms. The maximum Gasteiger partial charge on any atom is 0.110 e. The molecule has 30 heavy (non-hydrogen) atoms. The van der Waals surface area contributed by atoms with Gasteiger partial charge in [-0.1, -0.05) is 108 Å². The van der Waals surface area contributed by atoms with Crippen LogP contribution in [0.4, 0.5) is 5.69 Å². The van der Waals surface area contributed by atoms with Crippen LogP contribution < -0.4 is 0 Å². The third kappa shape index (κ3) is 5.76. The van der Waals surface area contributed by atoms with Crippen molar-refractivity contribution in [3.63, 3.8) is 0 Å². The van der Waals surface area contributed by atoms with Crippen LogP contribution in [-0.2, 0) is 0 Å². The lowest BCUT2D eigenvalue weighted by atomic mass is 10.1. The van der Waals surface area contributed by atoms with E-state index in [1.165, 1.54) is 9.79 Å². The van der Waals surface area contributed by atoms with Crippen LogP contribution in [0.15, 0.2) is 142 Å². The number of hydrogen-bond acceptors (Lipinski definition) is 3. The molecule has 0 unspecified atom stereocenters. The highest BCUT2D eigenvalue weighted by Crippen LogP contribution is 2.34. The predicted octanol–water partition coefficient (Wildman–Crippen LogP) is 8.34. The number of hydrogen-bond donors (Lipinski definition) is 0. The van der Waals surface area contributed by atoms with E-state index in [1.54, 1.807) is 23.5 Å². The van der Waals surface area contributed by atoms with Gasteiger partial charge in [0, 0.05) is 15.4 Å². The van der Waals surface area contributed by atoms with Crippen LogP contribution in [0.3, 0.4) is 0 Å². The van der Waals surface area contributed by atoms with Crippen LogP contribution in [0.25, 0.3) is 5.57 Å². The first-order valence-electron chi connectivity index (χ1n) is 9.73. The third-order valence-corrected chi connectivity index (χ3v) is 6.23. The molecule has 0 atom stereocenters. The fourth-order valence-electron chi connectivity index (χ4n) is 2.84. The van der Waals surface area contributed by atoms with Gasteiger partial charge in [-0.3, -0.25) is 0 Å². The summed E-state index contributed by atoms with van der Waals surface area (Å²) in [5.74, 6) is 0. The summed E-state index contributed by atoms with van der Waals surface area (Å²) in [7, 11) is 0. The van der Waals surface area contributed by atoms with Crippen molar-refractivity contribution in [3.8, 4) is 0 Å². The minimum absolute atomic E-state index is 0.947. The number of thioether (sulfide) groups is 2. The van der Waals surface area contributed by atoms with Crippen molar-refractivity contribution in [1.29, 1.82) is 0 Å². The Bertz CT molecular complexity index is 1110. The van der Waals surface area contributed by atoms with E-state index in [-0.39, 0.29) is 0 Å². The number of para-hydroxylation sites is 1. The van der Waals surface area contributed by atoms with Gasteiger partial charge in [-0.2, -0.15) is 0 Å². The van der Waals surface area contributed by atoms with E-state index in [0.717, 1.165) is 21.9 Å². The predicted molar refractivity (Wildman–Crippen MR) is 133 cm³/mol. The molecule has 0 aliphatic rings. The molecule has 4 rings (SSSR count). The van der Waals surface area contributed by atoms with Crippen molar-refractivity contribution in [3.05, 3.63) is 132 Å². The first-order chi connectivity index (χ1) is 14.9. The number of benzene rings is 4. The standard InChI is InChI=1S/C27H21NS2/c1-5-13-22(14-6-1)26(21-29-24-17-9-3-10-18-24)27(28-23-15-7-2-8-16-23)30-25-19-11-4-12-20-25/h1-21H. The van der Waals surface area contributed by atoms with Gasteiger partial charge >= 0.3 is 0 Å². The highest BCUT2D eigenvalue weighted by molar-refractivity contribution is 8.15. The summed E-state index contributed by atoms with van der Waals surface area (Å²) >= 11 is 3.41. The molecule has 146 valence electrons. The molecular formula is C27H21NS2. The molecule has 0 heterocycles. The van der Waals surface area contributed by atoms with Gasteiger partial charge in [0.15, 0.2) is 0 Å². The molecule has 0 spiro atoms. The first-order valence-corrected chi connectivity index (χ1v) is 11.4. The monoisotopic (exact) mass is 423 g/mol. The van der Waals surface area contributed by atoms with Crippen LogP contribution in [0.5, 0.6) is 0 Å². The van der Waals surface area contributed by atoms with Gasteiger partial charge in [0.25, 0.3) is 0 Å². The molecule has 0 bridgehead atoms. The Hall–Kier alpha value is -3.01. The van der Waals surface area contributed by atoms with Crippen molar-refractivity contribution >= 4 is 39.8 Å². The minimum Gasteiger partial charge on any atom is -0.241 e. The van der Waals surface area contributed by atoms with Crippen LogP contribution in [-0.4, -0.2) is 5.04 Å². The average Bonchev–Trinajstić information content (AvgIpc) is 2.82. The summed E-state index contributed by atoms with van der Waals surface area (Å²) in [6, 6.07) is 41.5. The molecule has 0 aliphatic carbocycles. The molecule has 0 amide bonds. The SMILES string of the molecule is C(Sc1ccccc1)=C(C(=Nc1ccccc1)Sc1ccccc1)c1ccccc1. The second-order valence-electron chi connectivity index (χ2n) is 6.50. The van der Waals surface area contributed by atoms with Gasteiger partial charge < -0.3 is 0 Å². The number of nitrogens with zero attached hydrogens (tertiary/aromatic N) is 1. The van der Waals surface area contributed by atoms with E-state index in [1.807, 2.05) is 48.5 Å². The van der Waals surface area contributed by atoms with E-state index in [4.69, 9.17) is 4.99 Å². The Morgan fingerprint density at radius 3 is 1.67 bits per heavy atom. The summed E-state index contributed by atoms with van der Waals surface area (Å²) in [5, 5.41) is 3.18. The van der Waals surface area contributed by atoms with E-state index in [2.05, 4.69) is 78.2 Å². The third-order valence-electron chi connectivity index (χ3n) is 4.32. The molecule has 4 aromatic rings. The summed E-state index contributed by atoms with van der Waals surface area (Å²) in [4.78, 5) is 7.41. The fourth-order valence-corrected chi connectivity index (χ4v) is 4.69. The van der Waals surface area contributed by atoms with E-state index >= 15 is 0 Å². The second kappa shape index (κ2) is 10.7. The van der Waals surface area contributed by atoms with E-state index in [0.29, 0.717) is 0 Å². The Balaban J connectivity index is 1.78. The van der Waals surface area contributed by atoms with E-state index in [9.17, 15) is 0 Å². The molecule has 0 saturated heterocycles. The first kappa shape index (κ1) is 20.3. The summed E-state index contributed by atoms with van der Waals surface area (Å²) in [5.41, 5.74) is 3.21. The van der Waals surface area contributed by atoms with Gasteiger partial charge in [-0.25, -0.2) is 4.99 Å². The largest absolute Gasteiger partial charge is 0.241 e. The lowest BCUT2D eigenvalue weighted by molar-refractivity contribution is 1.47. The Kier molecular flexibility index (Phi) is 7.21. The molecule has 1 nitrogen and oxygen atoms in total. The summed E-state index contributed by atoms with van der Waals surface area (Å²) < 4.78 is 0. The highest BCUT2D eigenvalue weighted by atomic mass is 32.2. The fraction of sp³-hybridized carbons (Fsp3) is 0. The molecule has 0 N–H and O–H groups in total. The topological polar surface area (TPSA) is 12.4 Å². The minimum atomic E-state index is 0.947. The van der Waals surface area contributed by atoms with Gasteiger partial charge in [0.2, 0.25) is 0 Å². The lowest BCUT2D eigenvalue weighted by Gasteiger charge is -2.12. The zero-order valence-corrected chi connectivity index (χ0v) is 18.0. The van der Waals surface area contributed by atoms with Gasteiger partial charge in [0.1, 0.15) is 5.04 Å². The Morgan fingerprint density at radius 1 is 0.567 bits per heavy atom. The highest BCUT2D eigenvalue weighted by Gasteiger charge is 2.13. The smallest absolute Gasteiger partial charge is 0.110 e. The molecule has 0 radical (unpaired) electrons. The maximum atomic E-state index is 5.04. The quantitative estimate of drug-likeness (QED) is 0.175. The summed E-state index contributed by atoms with van der Waals surface area (Å²) in [6.45, 7) is 0. The molecule has 0 fully saturated rings. The Morgan fingerprint density at radius 2 is 1.07 bits per heavy atom.